The van der Waals surface area contributed by atoms with Gasteiger partial charge in [-0.15, -0.1) is 0 Å². The Morgan fingerprint density at radius 1 is 0.759 bits per heavy atom. The van der Waals surface area contributed by atoms with E-state index in [1.807, 2.05) is 106 Å². The van der Waals surface area contributed by atoms with E-state index in [0.717, 1.165) is 78.3 Å². The maximum Gasteiger partial charge on any atom is 0.410 e. The number of piperazine rings is 1. The largest absolute Gasteiger partial charge is 0.508 e. The van der Waals surface area contributed by atoms with Crippen LogP contribution < -0.4 is 24.9 Å². The zero-order valence-corrected chi connectivity index (χ0v) is 46.7. The third-order valence-corrected chi connectivity index (χ3v) is 15.2. The number of nitrogens with one attached hydrogen (secondary N) is 1. The average molecular weight is 1080 g/mol. The molecule has 2 N–H and O–H groups in total. The lowest BCUT2D eigenvalue weighted by Gasteiger charge is -2.37. The van der Waals surface area contributed by atoms with Crippen LogP contribution in [0.4, 0.5) is 32.7 Å². The summed E-state index contributed by atoms with van der Waals surface area (Å²) in [6, 6.07) is 24.8. The number of carbonyl (C=O) groups is 2. The van der Waals surface area contributed by atoms with E-state index < -0.39 is 11.4 Å². The van der Waals surface area contributed by atoms with Crippen LogP contribution in [-0.2, 0) is 14.2 Å². The summed E-state index contributed by atoms with van der Waals surface area (Å²) in [6.45, 7) is 18.7. The van der Waals surface area contributed by atoms with Crippen molar-refractivity contribution in [3.05, 3.63) is 95.8 Å². The minimum absolute atomic E-state index is 0.0541. The molecule has 2 atom stereocenters. The summed E-state index contributed by atoms with van der Waals surface area (Å²) in [6.07, 6.45) is 5.38. The molecule has 79 heavy (non-hydrogen) atoms. The molecule has 3 fully saturated rings. The van der Waals surface area contributed by atoms with Crippen LogP contribution in [0.5, 0.6) is 5.75 Å². The Hall–Kier alpha value is -7.44. The Morgan fingerprint density at radius 3 is 2.23 bits per heavy atom. The van der Waals surface area contributed by atoms with Crippen LogP contribution in [0.1, 0.15) is 89.1 Å². The summed E-state index contributed by atoms with van der Waals surface area (Å²) in [5.41, 5.74) is 4.00. The summed E-state index contributed by atoms with van der Waals surface area (Å²) in [7, 11) is 1.94. The molecule has 4 aromatic carbocycles. The lowest BCUT2D eigenvalue weighted by atomic mass is 9.93. The quantitative estimate of drug-likeness (QED) is 0.0874. The number of benzene rings is 4. The molecule has 0 radical (unpaired) electrons. The molecular formula is C61H74FN11O6. The van der Waals surface area contributed by atoms with Crippen LogP contribution in [0.15, 0.2) is 78.9 Å². The SMILES string of the molecule is Cc1cc2c(N3CCN(C(=O)OC(C)(C)C)CC3)nc(N(C)CCCCCCCCNC(=O)c3cccc(-c4ccc5c(N6CCOC[C@H]6C)nc(N6CCOC[C@H]6C)nc5n4)c3)nc2c(F)c1-c1cc(O)cc2ccccc12. The van der Waals surface area contributed by atoms with Gasteiger partial charge in [-0.25, -0.2) is 19.2 Å². The van der Waals surface area contributed by atoms with Gasteiger partial charge in [0.25, 0.3) is 5.91 Å². The number of anilines is 4. The number of aryl methyl sites for hydroxylation is 1. The maximum absolute atomic E-state index is 17.3. The van der Waals surface area contributed by atoms with Gasteiger partial charge in [-0.2, -0.15) is 15.0 Å². The molecule has 6 heterocycles. The molecule has 10 rings (SSSR count). The lowest BCUT2D eigenvalue weighted by Crippen LogP contribution is -2.50. The highest BCUT2D eigenvalue weighted by Crippen LogP contribution is 2.41. The van der Waals surface area contributed by atoms with Crippen molar-refractivity contribution in [2.45, 2.75) is 97.8 Å². The van der Waals surface area contributed by atoms with Gasteiger partial charge in [0.2, 0.25) is 11.9 Å². The van der Waals surface area contributed by atoms with E-state index in [9.17, 15) is 14.7 Å². The molecule has 0 saturated carbocycles. The fourth-order valence-corrected chi connectivity index (χ4v) is 11.0. The highest BCUT2D eigenvalue weighted by atomic mass is 19.1. The smallest absolute Gasteiger partial charge is 0.410 e. The van der Waals surface area contributed by atoms with Gasteiger partial charge in [0.05, 0.1) is 49.6 Å². The molecule has 3 aliphatic heterocycles. The predicted octanol–water partition coefficient (Wildman–Crippen LogP) is 10.3. The number of pyridine rings is 1. The summed E-state index contributed by atoms with van der Waals surface area (Å²) >= 11 is 0. The van der Waals surface area contributed by atoms with Crippen LogP contribution in [0.2, 0.25) is 0 Å². The van der Waals surface area contributed by atoms with Crippen molar-refractivity contribution in [3.8, 4) is 28.1 Å². The van der Waals surface area contributed by atoms with Gasteiger partial charge in [-0.05, 0) is 119 Å². The van der Waals surface area contributed by atoms with Crippen molar-refractivity contribution >= 4 is 68.2 Å². The first-order valence-corrected chi connectivity index (χ1v) is 28.0. The van der Waals surface area contributed by atoms with Crippen LogP contribution >= 0.6 is 0 Å². The number of fused-ring (bicyclic) bond motifs is 3. The highest BCUT2D eigenvalue weighted by molar-refractivity contribution is 6.03. The minimum atomic E-state index is -0.611. The van der Waals surface area contributed by atoms with Crippen LogP contribution in [0.25, 0.3) is 55.1 Å². The van der Waals surface area contributed by atoms with Gasteiger partial charge < -0.3 is 49.1 Å². The van der Waals surface area contributed by atoms with E-state index in [-0.39, 0.29) is 35.4 Å². The van der Waals surface area contributed by atoms with Gasteiger partial charge in [0.1, 0.15) is 28.5 Å². The summed E-state index contributed by atoms with van der Waals surface area (Å²) in [4.78, 5) is 62.0. The van der Waals surface area contributed by atoms with Crippen molar-refractivity contribution in [1.29, 1.82) is 0 Å². The van der Waals surface area contributed by atoms with E-state index in [1.165, 1.54) is 0 Å². The molecule has 0 bridgehead atoms. The third kappa shape index (κ3) is 12.4. The number of amides is 2. The molecule has 18 heteroatoms. The number of rotatable bonds is 16. The van der Waals surface area contributed by atoms with Crippen molar-refractivity contribution in [2.24, 2.45) is 0 Å². The molecule has 17 nitrogen and oxygen atoms in total. The minimum Gasteiger partial charge on any atom is -0.508 e. The zero-order valence-electron chi connectivity index (χ0n) is 46.7. The fraction of sp³-hybridized carbons (Fsp3) is 0.459. The van der Waals surface area contributed by atoms with Crippen molar-refractivity contribution in [2.75, 3.05) is 105 Å². The Morgan fingerprint density at radius 2 is 1.48 bits per heavy atom. The standard InChI is InChI=1S/C61H74FN11O6/c1-39-33-49-53(52(62)51(39)48-36-45(74)35-42-17-12-13-20-46(42)48)65-58(67-55(49)70-25-27-71(28-26-70)60(76)79-61(4,5)6)69(7)24-15-11-9-8-10-14-23-63-57(75)44-19-16-18-43(34-44)50-22-21-47-54(64-50)66-59(73-30-32-78-38-41(73)3)68-56(47)72-29-31-77-37-40(72)2/h12-13,16-22,33-36,40-41,74H,8-11,14-15,23-32,37-38H2,1-7H3,(H,63,75)/t40-,41-/m1/s1. The first-order chi connectivity index (χ1) is 38.1. The van der Waals surface area contributed by atoms with Gasteiger partial charge >= 0.3 is 6.09 Å². The average Bonchev–Trinajstić information content (AvgIpc) is 3.57. The number of halogens is 1. The third-order valence-electron chi connectivity index (χ3n) is 15.2. The van der Waals surface area contributed by atoms with E-state index >= 15 is 4.39 Å². The number of hydrogen-bond donors (Lipinski definition) is 2. The number of carbonyl (C=O) groups excluding carboxylic acids is 2. The van der Waals surface area contributed by atoms with Crippen LogP contribution in [0.3, 0.4) is 0 Å². The van der Waals surface area contributed by atoms with Gasteiger partial charge in [-0.3, -0.25) is 4.79 Å². The van der Waals surface area contributed by atoms with Crippen molar-refractivity contribution in [3.63, 3.8) is 0 Å². The maximum atomic E-state index is 17.3. The molecule has 0 spiro atoms. The molecule has 0 aliphatic carbocycles. The molecule has 3 aromatic heterocycles. The van der Waals surface area contributed by atoms with E-state index in [4.69, 9.17) is 39.1 Å². The number of unbranched alkanes of at least 4 members (excludes halogenated alkanes) is 5. The Balaban J connectivity index is 0.755. The second kappa shape index (κ2) is 23.9. The first kappa shape index (κ1) is 54.9. The van der Waals surface area contributed by atoms with E-state index in [1.54, 1.807) is 17.0 Å². The number of aromatic nitrogens is 5. The van der Waals surface area contributed by atoms with Gasteiger partial charge in [-0.1, -0.05) is 62.1 Å². The van der Waals surface area contributed by atoms with Crippen molar-refractivity contribution < 1.29 is 33.3 Å². The monoisotopic (exact) mass is 1080 g/mol. The van der Waals surface area contributed by atoms with Crippen molar-refractivity contribution in [1.82, 2.24) is 35.1 Å². The predicted molar refractivity (Wildman–Crippen MR) is 310 cm³/mol. The molecule has 7 aromatic rings. The normalized spacial score (nSPS) is 17.2. The second-order valence-electron chi connectivity index (χ2n) is 22.3. The topological polar surface area (TPSA) is 175 Å². The van der Waals surface area contributed by atoms with Crippen LogP contribution in [0, 0.1) is 12.7 Å². The zero-order chi connectivity index (χ0) is 55.4. The summed E-state index contributed by atoms with van der Waals surface area (Å²) in [5, 5.41) is 17.0. The van der Waals surface area contributed by atoms with E-state index in [0.29, 0.717) is 123 Å². The number of nitrogens with zero attached hydrogens (tertiary/aromatic N) is 10. The number of aromatic hydroxyl groups is 1. The summed E-state index contributed by atoms with van der Waals surface area (Å²) in [5.74, 6) is 1.98. The number of phenols is 1. The molecule has 3 saturated heterocycles. The number of ether oxygens (including phenoxy) is 3. The second-order valence-corrected chi connectivity index (χ2v) is 22.3. The lowest BCUT2D eigenvalue weighted by molar-refractivity contribution is 0.0240. The first-order valence-electron chi connectivity index (χ1n) is 28.0. The number of morpholine rings is 2. The Bertz CT molecular complexity index is 3350. The molecular weight excluding hydrogens is 1000 g/mol. The van der Waals surface area contributed by atoms with Gasteiger partial charge in [0, 0.05) is 81.5 Å². The molecule has 3 aliphatic rings. The fourth-order valence-electron chi connectivity index (χ4n) is 11.0. The molecule has 0 unspecified atom stereocenters. The summed E-state index contributed by atoms with van der Waals surface area (Å²) < 4.78 is 34.5. The Kier molecular flexibility index (Phi) is 16.6. The molecule has 2 amide bonds. The van der Waals surface area contributed by atoms with Gasteiger partial charge in [0.15, 0.2) is 11.5 Å². The van der Waals surface area contributed by atoms with E-state index in [2.05, 4.69) is 33.9 Å². The number of hydrogen-bond acceptors (Lipinski definition) is 15. The molecule has 416 valence electrons. The highest BCUT2D eigenvalue weighted by Gasteiger charge is 2.31. The number of phenolic OH excluding ortho intramolecular Hbond substituents is 1. The van der Waals surface area contributed by atoms with Crippen LogP contribution in [-0.4, -0.2) is 150 Å². The Labute approximate surface area is 462 Å².